The van der Waals surface area contributed by atoms with Crippen LogP contribution in [0, 0.1) is 0 Å². The Bertz CT molecular complexity index is 655. The summed E-state index contributed by atoms with van der Waals surface area (Å²) in [5.74, 6) is -0.705. The van der Waals surface area contributed by atoms with Crippen LogP contribution in [-0.4, -0.2) is 9.72 Å². The van der Waals surface area contributed by atoms with Crippen molar-refractivity contribution in [3.8, 4) is 11.4 Å². The molecule has 1 heterocycles. The maximum absolute atomic E-state index is 12.6. The Morgan fingerprint density at radius 3 is 2.79 bits per heavy atom. The zero-order valence-corrected chi connectivity index (χ0v) is 9.65. The van der Waals surface area contributed by atoms with E-state index in [1.807, 2.05) is 0 Å². The zero-order valence-electron chi connectivity index (χ0n) is 9.65. The van der Waals surface area contributed by atoms with Crippen LogP contribution in [0.3, 0.4) is 0 Å². The summed E-state index contributed by atoms with van der Waals surface area (Å²) in [5.41, 5.74) is -0.659. The molecule has 2 rings (SSSR count). The first-order valence-electron chi connectivity index (χ1n) is 5.28. The summed E-state index contributed by atoms with van der Waals surface area (Å²) in [4.78, 5) is 11.3. The number of halogens is 3. The molecule has 0 amide bonds. The molecule has 0 saturated carbocycles. The second kappa shape index (κ2) is 4.75. The number of allylic oxidation sites excluding steroid dienone is 1. The molecule has 0 bridgehead atoms. The third kappa shape index (κ3) is 2.59. The summed E-state index contributed by atoms with van der Waals surface area (Å²) in [5, 5.41) is 3.49. The number of hydrogen-bond acceptors (Lipinski definition) is 3. The number of alkyl halides is 3. The molecule has 0 spiro atoms. The normalized spacial score (nSPS) is 11.5. The van der Waals surface area contributed by atoms with E-state index in [0.717, 1.165) is 16.7 Å². The fourth-order valence-electron chi connectivity index (χ4n) is 1.60. The van der Waals surface area contributed by atoms with Gasteiger partial charge in [0.05, 0.1) is 5.56 Å². The largest absolute Gasteiger partial charge is 0.442 e. The van der Waals surface area contributed by atoms with E-state index in [1.54, 1.807) is 0 Å². The summed E-state index contributed by atoms with van der Waals surface area (Å²) in [6.45, 7) is 3.56. The molecule has 0 fully saturated rings. The molecule has 100 valence electrons. The van der Waals surface area contributed by atoms with Crippen LogP contribution in [0.15, 0.2) is 46.2 Å². The van der Waals surface area contributed by atoms with E-state index in [-0.39, 0.29) is 17.9 Å². The molecule has 0 atom stereocenters. The van der Waals surface area contributed by atoms with Gasteiger partial charge in [0.1, 0.15) is 0 Å². The second-order valence-corrected chi connectivity index (χ2v) is 3.75. The highest BCUT2D eigenvalue weighted by atomic mass is 19.4. The lowest BCUT2D eigenvalue weighted by atomic mass is 10.1. The molecular formula is C12H9F3N2O2. The van der Waals surface area contributed by atoms with E-state index >= 15 is 0 Å². The van der Waals surface area contributed by atoms with Crippen molar-refractivity contribution in [1.82, 2.24) is 9.72 Å². The van der Waals surface area contributed by atoms with Crippen molar-refractivity contribution < 1.29 is 17.7 Å². The van der Waals surface area contributed by atoms with Gasteiger partial charge in [-0.15, -0.1) is 6.58 Å². The lowest BCUT2D eigenvalue weighted by molar-refractivity contribution is -0.137. The summed E-state index contributed by atoms with van der Waals surface area (Å²) >= 11 is 0. The predicted octanol–water partition coefficient (Wildman–Crippen LogP) is 2.71. The van der Waals surface area contributed by atoms with Crippen molar-refractivity contribution in [1.29, 1.82) is 0 Å². The fourth-order valence-corrected chi connectivity index (χ4v) is 1.60. The average molecular weight is 270 g/mol. The number of rotatable bonds is 3. The second-order valence-electron chi connectivity index (χ2n) is 3.75. The van der Waals surface area contributed by atoms with Gasteiger partial charge in [-0.2, -0.15) is 13.2 Å². The summed E-state index contributed by atoms with van der Waals surface area (Å²) in [6, 6.07) is 4.53. The Morgan fingerprint density at radius 1 is 1.42 bits per heavy atom. The van der Waals surface area contributed by atoms with Crippen molar-refractivity contribution in [2.45, 2.75) is 12.7 Å². The molecule has 0 radical (unpaired) electrons. The van der Waals surface area contributed by atoms with E-state index in [1.165, 1.54) is 18.2 Å². The molecular weight excluding hydrogens is 261 g/mol. The maximum Gasteiger partial charge on any atom is 0.442 e. The number of nitrogens with zero attached hydrogens (tertiary/aromatic N) is 2. The SMILES string of the molecule is C=CCn1c(-c2cccc(C(F)(F)F)c2)noc1=O. The molecule has 2 aromatic rings. The number of benzene rings is 1. The first-order chi connectivity index (χ1) is 8.93. The van der Waals surface area contributed by atoms with Crippen LogP contribution in [0.25, 0.3) is 11.4 Å². The number of hydrogen-bond donors (Lipinski definition) is 0. The van der Waals surface area contributed by atoms with Crippen LogP contribution < -0.4 is 5.76 Å². The van der Waals surface area contributed by atoms with E-state index in [0.29, 0.717) is 0 Å². The topological polar surface area (TPSA) is 48.0 Å². The van der Waals surface area contributed by atoms with Crippen LogP contribution in [0.4, 0.5) is 13.2 Å². The Morgan fingerprint density at radius 2 is 2.16 bits per heavy atom. The van der Waals surface area contributed by atoms with E-state index in [4.69, 9.17) is 0 Å². The molecule has 0 aliphatic carbocycles. The molecule has 0 saturated heterocycles. The molecule has 7 heteroatoms. The molecule has 0 aliphatic rings. The summed E-state index contributed by atoms with van der Waals surface area (Å²) < 4.78 is 43.4. The minimum Gasteiger partial charge on any atom is -0.295 e. The highest BCUT2D eigenvalue weighted by Gasteiger charge is 2.30. The van der Waals surface area contributed by atoms with Gasteiger partial charge in [-0.1, -0.05) is 23.4 Å². The average Bonchev–Trinajstić information content (AvgIpc) is 2.71. The van der Waals surface area contributed by atoms with Crippen LogP contribution in [0.1, 0.15) is 5.56 Å². The lowest BCUT2D eigenvalue weighted by Crippen LogP contribution is -2.14. The lowest BCUT2D eigenvalue weighted by Gasteiger charge is -2.08. The van der Waals surface area contributed by atoms with Gasteiger partial charge < -0.3 is 0 Å². The quantitative estimate of drug-likeness (QED) is 0.806. The Hall–Kier alpha value is -2.31. The van der Waals surface area contributed by atoms with Crippen molar-refractivity contribution in [3.05, 3.63) is 53.0 Å². The minimum atomic E-state index is -4.46. The molecule has 1 aromatic heterocycles. The van der Waals surface area contributed by atoms with Crippen LogP contribution in [-0.2, 0) is 12.7 Å². The van der Waals surface area contributed by atoms with Gasteiger partial charge in [0.15, 0.2) is 5.82 Å². The van der Waals surface area contributed by atoms with Crippen LogP contribution in [0.2, 0.25) is 0 Å². The molecule has 0 N–H and O–H groups in total. The molecule has 0 unspecified atom stereocenters. The van der Waals surface area contributed by atoms with Gasteiger partial charge in [0, 0.05) is 12.1 Å². The van der Waals surface area contributed by atoms with Gasteiger partial charge in [0.2, 0.25) is 0 Å². The van der Waals surface area contributed by atoms with E-state index in [2.05, 4.69) is 16.3 Å². The first kappa shape index (κ1) is 13.1. The smallest absolute Gasteiger partial charge is 0.295 e. The van der Waals surface area contributed by atoms with Crippen LogP contribution >= 0.6 is 0 Å². The van der Waals surface area contributed by atoms with Crippen molar-refractivity contribution >= 4 is 0 Å². The minimum absolute atomic E-state index is 0.0380. The Kier molecular flexibility index (Phi) is 3.28. The van der Waals surface area contributed by atoms with Gasteiger partial charge in [-0.25, -0.2) is 4.79 Å². The monoisotopic (exact) mass is 270 g/mol. The van der Waals surface area contributed by atoms with Crippen LogP contribution in [0.5, 0.6) is 0 Å². The van der Waals surface area contributed by atoms with E-state index < -0.39 is 17.5 Å². The van der Waals surface area contributed by atoms with E-state index in [9.17, 15) is 18.0 Å². The van der Waals surface area contributed by atoms with Crippen molar-refractivity contribution in [2.75, 3.05) is 0 Å². The third-order valence-corrected chi connectivity index (χ3v) is 2.45. The molecule has 4 nitrogen and oxygen atoms in total. The highest BCUT2D eigenvalue weighted by molar-refractivity contribution is 5.56. The zero-order chi connectivity index (χ0) is 14.0. The molecule has 0 aliphatic heterocycles. The fraction of sp³-hybridized carbons (Fsp3) is 0.167. The van der Waals surface area contributed by atoms with Crippen molar-refractivity contribution in [2.24, 2.45) is 0 Å². The molecule has 1 aromatic carbocycles. The highest BCUT2D eigenvalue weighted by Crippen LogP contribution is 2.31. The van der Waals surface area contributed by atoms with Crippen molar-refractivity contribution in [3.63, 3.8) is 0 Å². The standard InChI is InChI=1S/C12H9F3N2O2/c1-2-6-17-10(16-19-11(17)18)8-4-3-5-9(7-8)12(13,14)15/h2-5,7H,1,6H2. The van der Waals surface area contributed by atoms with Gasteiger partial charge in [-0.05, 0) is 12.1 Å². The maximum atomic E-state index is 12.6. The Labute approximate surface area is 105 Å². The van der Waals surface area contributed by atoms with Gasteiger partial charge >= 0.3 is 11.9 Å². The Balaban J connectivity index is 2.54. The van der Waals surface area contributed by atoms with Gasteiger partial charge in [0.25, 0.3) is 0 Å². The first-order valence-corrected chi connectivity index (χ1v) is 5.28. The predicted molar refractivity (Wildman–Crippen MR) is 61.4 cm³/mol. The number of aromatic nitrogens is 2. The van der Waals surface area contributed by atoms with Gasteiger partial charge in [-0.3, -0.25) is 9.09 Å². The third-order valence-electron chi connectivity index (χ3n) is 2.45. The molecule has 19 heavy (non-hydrogen) atoms. The summed E-state index contributed by atoms with van der Waals surface area (Å²) in [7, 11) is 0. The summed E-state index contributed by atoms with van der Waals surface area (Å²) in [6.07, 6.45) is -3.03.